The highest BCUT2D eigenvalue weighted by atomic mass is 32.1. The summed E-state index contributed by atoms with van der Waals surface area (Å²) in [6.07, 6.45) is 5.37. The van der Waals surface area contributed by atoms with Gasteiger partial charge in [0.1, 0.15) is 0 Å². The fraction of sp³-hybridized carbons (Fsp3) is 0.565. The molecule has 2 atom stereocenters. The highest BCUT2D eigenvalue weighted by Gasteiger charge is 2.36. The molecule has 6 heteroatoms. The van der Waals surface area contributed by atoms with E-state index >= 15 is 0 Å². The number of hydrogen-bond donors (Lipinski definition) is 0. The third-order valence-corrected chi connectivity index (χ3v) is 7.55. The Kier molecular flexibility index (Phi) is 5.31. The van der Waals surface area contributed by atoms with Gasteiger partial charge in [0, 0.05) is 43.4 Å². The minimum absolute atomic E-state index is 0.195. The van der Waals surface area contributed by atoms with Crippen molar-refractivity contribution in [2.24, 2.45) is 5.92 Å². The van der Waals surface area contributed by atoms with Crippen molar-refractivity contribution in [2.75, 3.05) is 26.2 Å². The van der Waals surface area contributed by atoms with Gasteiger partial charge in [0.15, 0.2) is 0 Å². The van der Waals surface area contributed by atoms with E-state index in [1.165, 1.54) is 19.3 Å². The summed E-state index contributed by atoms with van der Waals surface area (Å²) in [5, 5.41) is 4.08. The van der Waals surface area contributed by atoms with E-state index in [0.29, 0.717) is 12.3 Å². The fourth-order valence-electron chi connectivity index (χ4n) is 5.35. The molecule has 2 fully saturated rings. The zero-order valence-electron chi connectivity index (χ0n) is 16.9. The molecule has 5 heterocycles. The Morgan fingerprint density at radius 1 is 1.07 bits per heavy atom. The second kappa shape index (κ2) is 8.07. The Morgan fingerprint density at radius 3 is 2.72 bits per heavy atom. The topological polar surface area (TPSA) is 45.6 Å². The molecule has 0 aliphatic carbocycles. The minimum atomic E-state index is 0.195. The summed E-state index contributed by atoms with van der Waals surface area (Å²) in [6, 6.07) is 6.25. The maximum Gasteiger partial charge on any atom is 0.255 e. The Labute approximate surface area is 175 Å². The van der Waals surface area contributed by atoms with E-state index in [-0.39, 0.29) is 17.4 Å². The molecule has 0 unspecified atom stereocenters. The van der Waals surface area contributed by atoms with Crippen molar-refractivity contribution in [3.8, 4) is 0 Å². The first-order valence-corrected chi connectivity index (χ1v) is 11.9. The lowest BCUT2D eigenvalue weighted by molar-refractivity contribution is -0.133. The predicted octanol–water partition coefficient (Wildman–Crippen LogP) is 3.08. The van der Waals surface area contributed by atoms with Crippen LogP contribution in [0.25, 0.3) is 0 Å². The molecule has 2 bridgehead atoms. The number of carbonyl (C=O) groups is 1. The second-order valence-electron chi connectivity index (χ2n) is 8.94. The standard InChI is InChI=1S/C23H29N3O2S/c27-22(11-17-6-9-29-16-17)25-12-18-10-20(15-25)21-5-4-19(23(28)26(21)13-18)14-24-7-2-1-3-8-24/h4-6,9,16,18,20H,1-3,7-8,10-15H2/t18-,20+/m0/s1. The van der Waals surface area contributed by atoms with E-state index in [9.17, 15) is 9.59 Å². The van der Waals surface area contributed by atoms with Crippen LogP contribution in [0.3, 0.4) is 0 Å². The van der Waals surface area contributed by atoms with Gasteiger partial charge in [-0.25, -0.2) is 0 Å². The van der Waals surface area contributed by atoms with E-state index in [4.69, 9.17) is 0 Å². The lowest BCUT2D eigenvalue weighted by Gasteiger charge is -2.43. The Balaban J connectivity index is 1.33. The molecule has 5 nitrogen and oxygen atoms in total. The number of aromatic nitrogens is 1. The van der Waals surface area contributed by atoms with Crippen molar-refractivity contribution >= 4 is 17.2 Å². The summed E-state index contributed by atoms with van der Waals surface area (Å²) in [5.41, 5.74) is 3.36. The van der Waals surface area contributed by atoms with E-state index in [1.54, 1.807) is 11.3 Å². The molecule has 0 N–H and O–H groups in total. The first-order valence-electron chi connectivity index (χ1n) is 10.9. The lowest BCUT2D eigenvalue weighted by Crippen LogP contribution is -2.50. The Bertz CT molecular complexity index is 930. The maximum absolute atomic E-state index is 13.2. The van der Waals surface area contributed by atoms with Crippen LogP contribution in [0.5, 0.6) is 0 Å². The number of likely N-dealkylation sites (tertiary alicyclic amines) is 2. The average Bonchev–Trinajstić information content (AvgIpc) is 3.24. The van der Waals surface area contributed by atoms with E-state index < -0.39 is 0 Å². The zero-order valence-corrected chi connectivity index (χ0v) is 17.7. The molecule has 0 spiro atoms. The van der Waals surface area contributed by atoms with E-state index in [1.807, 2.05) is 20.9 Å². The van der Waals surface area contributed by atoms with Crippen LogP contribution in [-0.2, 0) is 24.3 Å². The van der Waals surface area contributed by atoms with Gasteiger partial charge in [-0.15, -0.1) is 0 Å². The van der Waals surface area contributed by atoms with Gasteiger partial charge in [0.2, 0.25) is 5.91 Å². The summed E-state index contributed by atoms with van der Waals surface area (Å²) in [4.78, 5) is 30.5. The quantitative estimate of drug-likeness (QED) is 0.777. The molecule has 0 radical (unpaired) electrons. The molecular weight excluding hydrogens is 382 g/mol. The third-order valence-electron chi connectivity index (χ3n) is 6.81. The molecule has 0 saturated carbocycles. The van der Waals surface area contributed by atoms with Gasteiger partial charge < -0.3 is 9.47 Å². The summed E-state index contributed by atoms with van der Waals surface area (Å²) in [7, 11) is 0. The lowest BCUT2D eigenvalue weighted by atomic mass is 9.82. The highest BCUT2D eigenvalue weighted by molar-refractivity contribution is 7.08. The Hall–Kier alpha value is -1.92. The number of hydrogen-bond acceptors (Lipinski definition) is 4. The fourth-order valence-corrected chi connectivity index (χ4v) is 6.02. The van der Waals surface area contributed by atoms with Crippen molar-refractivity contribution in [1.82, 2.24) is 14.4 Å². The molecule has 3 aliphatic rings. The van der Waals surface area contributed by atoms with Gasteiger partial charge in [-0.3, -0.25) is 14.5 Å². The molecule has 29 heavy (non-hydrogen) atoms. The number of pyridine rings is 1. The van der Waals surface area contributed by atoms with Gasteiger partial charge in [-0.1, -0.05) is 12.5 Å². The smallest absolute Gasteiger partial charge is 0.255 e. The number of piperidine rings is 2. The van der Waals surface area contributed by atoms with Crippen molar-refractivity contribution in [3.05, 3.63) is 56.1 Å². The largest absolute Gasteiger partial charge is 0.341 e. The van der Waals surface area contributed by atoms with Crippen molar-refractivity contribution in [3.63, 3.8) is 0 Å². The zero-order chi connectivity index (χ0) is 19.8. The normalized spacial score (nSPS) is 24.3. The maximum atomic E-state index is 13.2. The molecule has 2 aromatic rings. The number of amides is 1. The van der Waals surface area contributed by atoms with Crippen LogP contribution >= 0.6 is 11.3 Å². The third kappa shape index (κ3) is 3.92. The van der Waals surface area contributed by atoms with Crippen LogP contribution in [-0.4, -0.2) is 46.5 Å². The van der Waals surface area contributed by atoms with E-state index in [0.717, 1.165) is 62.5 Å². The van der Waals surface area contributed by atoms with Crippen LogP contribution in [0.2, 0.25) is 0 Å². The molecule has 2 saturated heterocycles. The summed E-state index contributed by atoms with van der Waals surface area (Å²) < 4.78 is 2.03. The van der Waals surface area contributed by atoms with Crippen LogP contribution < -0.4 is 5.56 Å². The number of fused-ring (bicyclic) bond motifs is 4. The monoisotopic (exact) mass is 411 g/mol. The highest BCUT2D eigenvalue weighted by Crippen LogP contribution is 2.35. The van der Waals surface area contributed by atoms with Gasteiger partial charge in [-0.2, -0.15) is 11.3 Å². The molecular formula is C23H29N3O2S. The Morgan fingerprint density at radius 2 is 1.93 bits per heavy atom. The summed E-state index contributed by atoms with van der Waals surface area (Å²) in [6.45, 7) is 5.26. The SMILES string of the molecule is O=C(Cc1ccsc1)N1C[C@@H]2C[C@H](C1)c1ccc(CN3CCCCC3)c(=O)n1C2. The number of nitrogens with zero attached hydrogens (tertiary/aromatic N) is 3. The van der Waals surface area contributed by atoms with Crippen LogP contribution in [0.15, 0.2) is 33.8 Å². The van der Waals surface area contributed by atoms with Crippen molar-refractivity contribution < 1.29 is 4.79 Å². The number of thiophene rings is 1. The van der Waals surface area contributed by atoms with Crippen molar-refractivity contribution in [1.29, 1.82) is 0 Å². The number of carbonyl (C=O) groups excluding carboxylic acids is 1. The first-order chi connectivity index (χ1) is 14.2. The average molecular weight is 412 g/mol. The molecule has 3 aliphatic heterocycles. The van der Waals surface area contributed by atoms with Gasteiger partial charge in [0.25, 0.3) is 5.56 Å². The molecule has 0 aromatic carbocycles. The minimum Gasteiger partial charge on any atom is -0.341 e. The number of rotatable bonds is 4. The van der Waals surface area contributed by atoms with Crippen molar-refractivity contribution in [2.45, 2.75) is 51.1 Å². The molecule has 5 rings (SSSR count). The first kappa shape index (κ1) is 19.1. The molecule has 2 aromatic heterocycles. The van der Waals surface area contributed by atoms with Gasteiger partial charge >= 0.3 is 0 Å². The second-order valence-corrected chi connectivity index (χ2v) is 9.72. The summed E-state index contributed by atoms with van der Waals surface area (Å²) >= 11 is 1.64. The van der Waals surface area contributed by atoms with Gasteiger partial charge in [0.05, 0.1) is 6.42 Å². The van der Waals surface area contributed by atoms with Crippen LogP contribution in [0.4, 0.5) is 0 Å². The van der Waals surface area contributed by atoms with Crippen LogP contribution in [0, 0.1) is 5.92 Å². The predicted molar refractivity (Wildman–Crippen MR) is 115 cm³/mol. The molecule has 1 amide bonds. The molecule has 154 valence electrons. The van der Waals surface area contributed by atoms with Gasteiger partial charge in [-0.05, 0) is 66.7 Å². The van der Waals surface area contributed by atoms with Crippen LogP contribution in [0.1, 0.15) is 48.4 Å². The van der Waals surface area contributed by atoms with E-state index in [2.05, 4.69) is 22.4 Å². The summed E-state index contributed by atoms with van der Waals surface area (Å²) in [5.74, 6) is 0.886.